The predicted octanol–water partition coefficient (Wildman–Crippen LogP) is 7.98. The first-order chi connectivity index (χ1) is 16.9. The van der Waals surface area contributed by atoms with Gasteiger partial charge in [-0.3, -0.25) is 0 Å². The van der Waals surface area contributed by atoms with Crippen molar-refractivity contribution in [2.45, 2.75) is 39.2 Å². The van der Waals surface area contributed by atoms with Crippen LogP contribution in [0.2, 0.25) is 0 Å². The third-order valence-corrected chi connectivity index (χ3v) is 6.78. The maximum atomic E-state index is 10.7. The summed E-state index contributed by atoms with van der Waals surface area (Å²) in [5.74, 6) is 0.546. The van der Waals surface area contributed by atoms with E-state index in [-0.39, 0.29) is 11.7 Å². The second kappa shape index (κ2) is 9.44. The molecule has 0 aliphatic heterocycles. The van der Waals surface area contributed by atoms with Crippen LogP contribution < -0.4 is 0 Å². The Morgan fingerprint density at radius 1 is 0.743 bits per heavy atom. The zero-order valence-electron chi connectivity index (χ0n) is 20.4. The SMILES string of the molecule is CC(C)c1cc(O)ccc1-c1ccc(-c2cccc(Cc3c[nH]c4ccccc34)c2)c(C(C)O)c1. The number of aromatic amines is 1. The van der Waals surface area contributed by atoms with Gasteiger partial charge in [-0.25, -0.2) is 0 Å². The first-order valence-electron chi connectivity index (χ1n) is 12.2. The minimum absolute atomic E-state index is 0.271. The number of benzene rings is 4. The van der Waals surface area contributed by atoms with E-state index in [1.165, 1.54) is 16.5 Å². The van der Waals surface area contributed by atoms with Crippen molar-refractivity contribution in [3.63, 3.8) is 0 Å². The molecule has 0 saturated heterocycles. The lowest BCUT2D eigenvalue weighted by Crippen LogP contribution is -1.98. The molecule has 0 aliphatic rings. The molecule has 0 bridgehead atoms. The second-order valence-corrected chi connectivity index (χ2v) is 9.64. The molecule has 5 aromatic rings. The minimum atomic E-state index is -0.609. The number of aromatic nitrogens is 1. The molecule has 0 saturated carbocycles. The molecule has 0 amide bonds. The highest BCUT2D eigenvalue weighted by molar-refractivity contribution is 5.83. The lowest BCUT2D eigenvalue weighted by atomic mass is 9.88. The number of para-hydroxylation sites is 1. The fourth-order valence-corrected chi connectivity index (χ4v) is 4.98. The largest absolute Gasteiger partial charge is 0.508 e. The van der Waals surface area contributed by atoms with E-state index in [1.807, 2.05) is 25.1 Å². The van der Waals surface area contributed by atoms with Gasteiger partial charge >= 0.3 is 0 Å². The van der Waals surface area contributed by atoms with E-state index in [9.17, 15) is 10.2 Å². The van der Waals surface area contributed by atoms with Crippen LogP contribution in [0, 0.1) is 0 Å². The van der Waals surface area contributed by atoms with E-state index in [0.29, 0.717) is 0 Å². The molecule has 176 valence electrons. The van der Waals surface area contributed by atoms with Crippen molar-refractivity contribution in [3.05, 3.63) is 113 Å². The molecule has 1 heterocycles. The Kier molecular flexibility index (Phi) is 6.19. The summed E-state index contributed by atoms with van der Waals surface area (Å²) in [6.45, 7) is 6.07. The van der Waals surface area contributed by atoms with Gasteiger partial charge in [0.2, 0.25) is 0 Å². The van der Waals surface area contributed by atoms with E-state index in [4.69, 9.17) is 0 Å². The smallest absolute Gasteiger partial charge is 0.115 e. The van der Waals surface area contributed by atoms with Crippen LogP contribution in [0.4, 0.5) is 0 Å². The number of aromatic hydroxyl groups is 1. The molecule has 1 unspecified atom stereocenters. The van der Waals surface area contributed by atoms with Crippen LogP contribution in [0.3, 0.4) is 0 Å². The lowest BCUT2D eigenvalue weighted by Gasteiger charge is -2.18. The van der Waals surface area contributed by atoms with Crippen molar-refractivity contribution in [1.82, 2.24) is 4.98 Å². The number of aliphatic hydroxyl groups is 1. The zero-order valence-corrected chi connectivity index (χ0v) is 20.4. The predicted molar refractivity (Wildman–Crippen MR) is 145 cm³/mol. The Balaban J connectivity index is 1.53. The van der Waals surface area contributed by atoms with E-state index >= 15 is 0 Å². The number of H-pyrrole nitrogens is 1. The average molecular weight is 462 g/mol. The molecule has 3 heteroatoms. The Morgan fingerprint density at radius 2 is 1.49 bits per heavy atom. The van der Waals surface area contributed by atoms with Crippen molar-refractivity contribution in [1.29, 1.82) is 0 Å². The molecule has 0 radical (unpaired) electrons. The van der Waals surface area contributed by atoms with Gasteiger partial charge in [0.15, 0.2) is 0 Å². The van der Waals surface area contributed by atoms with Crippen molar-refractivity contribution in [2.24, 2.45) is 0 Å². The van der Waals surface area contributed by atoms with Gasteiger partial charge in [-0.1, -0.05) is 74.5 Å². The molecular formula is C32H31NO2. The Labute approximate surface area is 206 Å². The van der Waals surface area contributed by atoms with Crippen molar-refractivity contribution >= 4 is 10.9 Å². The highest BCUT2D eigenvalue weighted by Crippen LogP contribution is 2.37. The quantitative estimate of drug-likeness (QED) is 0.240. The van der Waals surface area contributed by atoms with Crippen LogP contribution in [-0.2, 0) is 6.42 Å². The molecule has 1 aromatic heterocycles. The van der Waals surface area contributed by atoms with Crippen molar-refractivity contribution < 1.29 is 10.2 Å². The molecule has 0 aliphatic carbocycles. The third kappa shape index (κ3) is 4.60. The summed E-state index contributed by atoms with van der Waals surface area (Å²) in [7, 11) is 0. The van der Waals surface area contributed by atoms with Gasteiger partial charge in [-0.15, -0.1) is 0 Å². The highest BCUT2D eigenvalue weighted by atomic mass is 16.3. The normalized spacial score (nSPS) is 12.4. The minimum Gasteiger partial charge on any atom is -0.508 e. The molecule has 0 spiro atoms. The van der Waals surface area contributed by atoms with Crippen LogP contribution in [0.5, 0.6) is 5.75 Å². The number of phenolic OH excluding ortho intramolecular Hbond substituents is 1. The number of fused-ring (bicyclic) bond motifs is 1. The zero-order chi connectivity index (χ0) is 24.5. The molecule has 0 fully saturated rings. The van der Waals surface area contributed by atoms with E-state index in [0.717, 1.165) is 45.3 Å². The van der Waals surface area contributed by atoms with Crippen LogP contribution in [0.1, 0.15) is 55.0 Å². The van der Waals surface area contributed by atoms with Gasteiger partial charge < -0.3 is 15.2 Å². The summed E-state index contributed by atoms with van der Waals surface area (Å²) in [4.78, 5) is 3.37. The standard InChI is InChI=1S/C32H31NO2/c1-20(2)30-18-26(35)12-14-27(30)24-11-13-28(31(17-24)21(3)34)23-8-6-7-22(15-23)16-25-19-33-32-10-5-4-9-29(25)32/h4-15,17-21,33-35H,16H2,1-3H3. The molecule has 3 N–H and O–H groups in total. The molecule has 5 rings (SSSR count). The average Bonchev–Trinajstić information content (AvgIpc) is 3.26. The monoisotopic (exact) mass is 461 g/mol. The summed E-state index contributed by atoms with van der Waals surface area (Å²) < 4.78 is 0. The molecular weight excluding hydrogens is 430 g/mol. The van der Waals surface area contributed by atoms with E-state index < -0.39 is 6.10 Å². The second-order valence-electron chi connectivity index (χ2n) is 9.64. The first-order valence-corrected chi connectivity index (χ1v) is 12.2. The van der Waals surface area contributed by atoms with Crippen LogP contribution in [-0.4, -0.2) is 15.2 Å². The Bertz CT molecular complexity index is 1490. The number of rotatable bonds is 6. The van der Waals surface area contributed by atoms with Crippen molar-refractivity contribution in [2.75, 3.05) is 0 Å². The summed E-state index contributed by atoms with van der Waals surface area (Å²) in [6, 6.07) is 28.8. The summed E-state index contributed by atoms with van der Waals surface area (Å²) >= 11 is 0. The fourth-order valence-electron chi connectivity index (χ4n) is 4.98. The van der Waals surface area contributed by atoms with Gasteiger partial charge in [0, 0.05) is 17.1 Å². The highest BCUT2D eigenvalue weighted by Gasteiger charge is 2.16. The molecule has 4 aromatic carbocycles. The maximum absolute atomic E-state index is 10.7. The summed E-state index contributed by atoms with van der Waals surface area (Å²) in [6.07, 6.45) is 2.32. The number of nitrogens with one attached hydrogen (secondary N) is 1. The van der Waals surface area contributed by atoms with Crippen LogP contribution in [0.15, 0.2) is 91.1 Å². The van der Waals surface area contributed by atoms with Gasteiger partial charge in [0.25, 0.3) is 0 Å². The number of phenols is 1. The van der Waals surface area contributed by atoms with E-state index in [2.05, 4.69) is 85.7 Å². The number of hydrogen-bond acceptors (Lipinski definition) is 2. The van der Waals surface area contributed by atoms with Crippen LogP contribution in [0.25, 0.3) is 33.2 Å². The maximum Gasteiger partial charge on any atom is 0.115 e. The molecule has 35 heavy (non-hydrogen) atoms. The number of hydrogen-bond donors (Lipinski definition) is 3. The Morgan fingerprint density at radius 3 is 2.29 bits per heavy atom. The molecule has 3 nitrogen and oxygen atoms in total. The summed E-state index contributed by atoms with van der Waals surface area (Å²) in [5, 5.41) is 22.0. The first kappa shape index (κ1) is 22.9. The fraction of sp³-hybridized carbons (Fsp3) is 0.188. The topological polar surface area (TPSA) is 56.2 Å². The Hall–Kier alpha value is -3.82. The van der Waals surface area contributed by atoms with Gasteiger partial charge in [0.1, 0.15) is 5.75 Å². The summed E-state index contributed by atoms with van der Waals surface area (Å²) in [5.41, 5.74) is 9.91. The van der Waals surface area contributed by atoms with Crippen LogP contribution >= 0.6 is 0 Å². The lowest BCUT2D eigenvalue weighted by molar-refractivity contribution is 0.200. The van der Waals surface area contributed by atoms with Gasteiger partial charge in [0.05, 0.1) is 6.10 Å². The van der Waals surface area contributed by atoms with Gasteiger partial charge in [-0.05, 0) is 88.0 Å². The number of aliphatic hydroxyl groups excluding tert-OH is 1. The van der Waals surface area contributed by atoms with Crippen molar-refractivity contribution in [3.8, 4) is 28.0 Å². The third-order valence-electron chi connectivity index (χ3n) is 6.78. The van der Waals surface area contributed by atoms with E-state index in [1.54, 1.807) is 6.07 Å². The molecule has 1 atom stereocenters. The van der Waals surface area contributed by atoms with Gasteiger partial charge in [-0.2, -0.15) is 0 Å².